The average Bonchev–Trinajstić information content (AvgIpc) is 3.13. The highest BCUT2D eigenvalue weighted by Crippen LogP contribution is 2.23. The Kier molecular flexibility index (Phi) is 11.1. The van der Waals surface area contributed by atoms with Gasteiger partial charge < -0.3 is 13.9 Å². The monoisotopic (exact) mass is 364 g/mol. The van der Waals surface area contributed by atoms with Crippen LogP contribution < -0.4 is 0 Å². The van der Waals surface area contributed by atoms with Crippen LogP contribution in [0, 0.1) is 0 Å². The minimum absolute atomic E-state index is 0.0795. The molecule has 150 valence electrons. The van der Waals surface area contributed by atoms with Crippen molar-refractivity contribution in [3.63, 3.8) is 0 Å². The van der Waals surface area contributed by atoms with Gasteiger partial charge in [0.05, 0.1) is 0 Å². The lowest BCUT2D eigenvalue weighted by Crippen LogP contribution is -2.22. The fourth-order valence-corrected chi connectivity index (χ4v) is 3.71. The van der Waals surface area contributed by atoms with E-state index in [1.165, 1.54) is 82.1 Å². The summed E-state index contributed by atoms with van der Waals surface area (Å²) in [6.07, 6.45) is 16.2. The molecule has 2 rings (SSSR count). The topological polar surface area (TPSA) is 31.6 Å². The van der Waals surface area contributed by atoms with E-state index in [4.69, 9.17) is 13.9 Å². The van der Waals surface area contributed by atoms with Crippen molar-refractivity contribution in [2.75, 3.05) is 13.2 Å². The molecule has 0 aromatic carbocycles. The molecule has 0 spiro atoms. The summed E-state index contributed by atoms with van der Waals surface area (Å²) < 4.78 is 17.4. The number of aryl methyl sites for hydroxylation is 1. The normalized spacial score (nSPS) is 18.9. The van der Waals surface area contributed by atoms with E-state index in [9.17, 15) is 0 Å². The van der Waals surface area contributed by atoms with Gasteiger partial charge in [0.1, 0.15) is 11.5 Å². The van der Waals surface area contributed by atoms with E-state index >= 15 is 0 Å². The molecule has 0 aliphatic carbocycles. The zero-order chi connectivity index (χ0) is 18.5. The second-order valence-corrected chi connectivity index (χ2v) is 7.89. The molecule has 26 heavy (non-hydrogen) atoms. The summed E-state index contributed by atoms with van der Waals surface area (Å²) in [5, 5.41) is 0. The van der Waals surface area contributed by atoms with Crippen molar-refractivity contribution in [2.24, 2.45) is 0 Å². The molecule has 1 fully saturated rings. The Hall–Kier alpha value is -0.800. The molecular formula is C23H40O3. The zero-order valence-corrected chi connectivity index (χ0v) is 17.1. The predicted molar refractivity (Wildman–Crippen MR) is 108 cm³/mol. The van der Waals surface area contributed by atoms with Crippen molar-refractivity contribution in [3.8, 4) is 0 Å². The van der Waals surface area contributed by atoms with Gasteiger partial charge in [-0.3, -0.25) is 0 Å². The molecule has 0 amide bonds. The van der Waals surface area contributed by atoms with E-state index in [0.29, 0.717) is 5.92 Å². The molecule has 2 unspecified atom stereocenters. The van der Waals surface area contributed by atoms with Gasteiger partial charge in [0.15, 0.2) is 6.29 Å². The van der Waals surface area contributed by atoms with Gasteiger partial charge in [0.25, 0.3) is 0 Å². The van der Waals surface area contributed by atoms with E-state index in [0.717, 1.165) is 26.1 Å². The Morgan fingerprint density at radius 2 is 1.81 bits per heavy atom. The van der Waals surface area contributed by atoms with Crippen LogP contribution in [0.3, 0.4) is 0 Å². The summed E-state index contributed by atoms with van der Waals surface area (Å²) in [6.45, 7) is 6.24. The largest absolute Gasteiger partial charge is 0.466 e. The minimum Gasteiger partial charge on any atom is -0.466 e. The number of furan rings is 1. The van der Waals surface area contributed by atoms with E-state index < -0.39 is 0 Å². The van der Waals surface area contributed by atoms with Gasteiger partial charge in [-0.25, -0.2) is 0 Å². The number of hydrogen-bond donors (Lipinski definition) is 0. The van der Waals surface area contributed by atoms with Crippen LogP contribution in [0.25, 0.3) is 0 Å². The first-order valence-electron chi connectivity index (χ1n) is 11.1. The van der Waals surface area contributed by atoms with Crippen LogP contribution >= 0.6 is 0 Å². The second kappa shape index (κ2) is 13.4. The number of unbranched alkanes of at least 4 members (excludes halogenated alkanes) is 6. The number of hydrogen-bond acceptors (Lipinski definition) is 3. The highest BCUT2D eigenvalue weighted by molar-refractivity contribution is 5.10. The van der Waals surface area contributed by atoms with Crippen LogP contribution in [0.15, 0.2) is 16.5 Å². The molecule has 1 aromatic heterocycles. The molecule has 2 atom stereocenters. The van der Waals surface area contributed by atoms with Gasteiger partial charge in [-0.1, -0.05) is 52.4 Å². The van der Waals surface area contributed by atoms with E-state index in [-0.39, 0.29) is 6.29 Å². The molecule has 3 nitrogen and oxygen atoms in total. The summed E-state index contributed by atoms with van der Waals surface area (Å²) in [5.41, 5.74) is 0. The van der Waals surface area contributed by atoms with Gasteiger partial charge in [0, 0.05) is 25.6 Å². The molecule has 1 aliphatic rings. The fourth-order valence-electron chi connectivity index (χ4n) is 3.71. The third kappa shape index (κ3) is 8.73. The Morgan fingerprint density at radius 3 is 2.54 bits per heavy atom. The Morgan fingerprint density at radius 1 is 1.04 bits per heavy atom. The molecule has 0 saturated carbocycles. The molecule has 2 heterocycles. The zero-order valence-electron chi connectivity index (χ0n) is 17.1. The molecule has 3 heteroatoms. The van der Waals surface area contributed by atoms with Crippen LogP contribution in [-0.2, 0) is 15.9 Å². The molecule has 1 saturated heterocycles. The maximum atomic E-state index is 6.00. The van der Waals surface area contributed by atoms with Crippen molar-refractivity contribution in [2.45, 2.75) is 110 Å². The Labute approximate surface area is 160 Å². The van der Waals surface area contributed by atoms with Crippen LogP contribution in [0.2, 0.25) is 0 Å². The fraction of sp³-hybridized carbons (Fsp3) is 0.826. The SMILES string of the molecule is CCCC(C)c1ccc(CCCCCCCCCOC2CCCCO2)o1. The molecule has 1 aliphatic heterocycles. The van der Waals surface area contributed by atoms with Gasteiger partial charge >= 0.3 is 0 Å². The summed E-state index contributed by atoms with van der Waals surface area (Å²) in [4.78, 5) is 0. The summed E-state index contributed by atoms with van der Waals surface area (Å²) in [7, 11) is 0. The smallest absolute Gasteiger partial charge is 0.157 e. The Bertz CT molecular complexity index is 448. The highest BCUT2D eigenvalue weighted by atomic mass is 16.7. The lowest BCUT2D eigenvalue weighted by molar-refractivity contribution is -0.162. The van der Waals surface area contributed by atoms with E-state index in [1.807, 2.05) is 0 Å². The quantitative estimate of drug-likeness (QED) is 0.333. The first-order chi connectivity index (χ1) is 12.8. The molecule has 0 radical (unpaired) electrons. The molecule has 1 aromatic rings. The number of ether oxygens (including phenoxy) is 2. The second-order valence-electron chi connectivity index (χ2n) is 7.89. The average molecular weight is 365 g/mol. The first-order valence-corrected chi connectivity index (χ1v) is 11.1. The van der Waals surface area contributed by atoms with Crippen molar-refractivity contribution in [3.05, 3.63) is 23.7 Å². The van der Waals surface area contributed by atoms with Gasteiger partial charge in [-0.15, -0.1) is 0 Å². The predicted octanol–water partition coefficient (Wildman–Crippen LogP) is 7.00. The van der Waals surface area contributed by atoms with Crippen molar-refractivity contribution < 1.29 is 13.9 Å². The van der Waals surface area contributed by atoms with Crippen LogP contribution in [0.5, 0.6) is 0 Å². The molecule has 0 N–H and O–H groups in total. The first kappa shape index (κ1) is 21.5. The van der Waals surface area contributed by atoms with Crippen LogP contribution in [-0.4, -0.2) is 19.5 Å². The maximum absolute atomic E-state index is 6.00. The third-order valence-corrected chi connectivity index (χ3v) is 5.40. The Balaban J connectivity index is 1.39. The minimum atomic E-state index is 0.0795. The maximum Gasteiger partial charge on any atom is 0.157 e. The van der Waals surface area contributed by atoms with Crippen molar-refractivity contribution in [1.29, 1.82) is 0 Å². The van der Waals surface area contributed by atoms with Gasteiger partial charge in [0.2, 0.25) is 0 Å². The van der Waals surface area contributed by atoms with Crippen molar-refractivity contribution >= 4 is 0 Å². The molecule has 0 bridgehead atoms. The summed E-state index contributed by atoms with van der Waals surface area (Å²) in [6, 6.07) is 4.35. The van der Waals surface area contributed by atoms with Crippen LogP contribution in [0.1, 0.15) is 108 Å². The lowest BCUT2D eigenvalue weighted by Gasteiger charge is -2.22. The van der Waals surface area contributed by atoms with E-state index in [1.54, 1.807) is 0 Å². The number of rotatable bonds is 14. The van der Waals surface area contributed by atoms with Gasteiger partial charge in [-0.05, 0) is 50.7 Å². The third-order valence-electron chi connectivity index (χ3n) is 5.40. The molecular weight excluding hydrogens is 324 g/mol. The van der Waals surface area contributed by atoms with Crippen LogP contribution in [0.4, 0.5) is 0 Å². The van der Waals surface area contributed by atoms with Crippen molar-refractivity contribution in [1.82, 2.24) is 0 Å². The summed E-state index contributed by atoms with van der Waals surface area (Å²) in [5.74, 6) is 2.90. The van der Waals surface area contributed by atoms with Gasteiger partial charge in [-0.2, -0.15) is 0 Å². The van der Waals surface area contributed by atoms with E-state index in [2.05, 4.69) is 26.0 Å². The lowest BCUT2D eigenvalue weighted by atomic mass is 10.0. The summed E-state index contributed by atoms with van der Waals surface area (Å²) >= 11 is 0. The highest BCUT2D eigenvalue weighted by Gasteiger charge is 2.13. The standard InChI is InChI=1S/C23H40O3/c1-3-13-20(2)22-17-16-21(26-22)14-9-7-5-4-6-8-11-18-24-23-15-10-12-19-25-23/h16-17,20,23H,3-15,18-19H2,1-2H3.